The third kappa shape index (κ3) is 3.41. The van der Waals surface area contributed by atoms with Gasteiger partial charge in [0.05, 0.1) is 11.8 Å². The van der Waals surface area contributed by atoms with E-state index in [0.717, 1.165) is 22.6 Å². The Balaban J connectivity index is 1.32. The highest BCUT2D eigenvalue weighted by Crippen LogP contribution is 2.32. The van der Waals surface area contributed by atoms with E-state index in [1.54, 1.807) is 6.26 Å². The van der Waals surface area contributed by atoms with E-state index in [9.17, 15) is 4.79 Å². The van der Waals surface area contributed by atoms with Crippen molar-refractivity contribution in [2.24, 2.45) is 0 Å². The van der Waals surface area contributed by atoms with Gasteiger partial charge in [-0.3, -0.25) is 4.79 Å². The third-order valence-electron chi connectivity index (χ3n) is 5.48. The molecule has 0 aliphatic carbocycles. The monoisotopic (exact) mass is 402 g/mol. The fourth-order valence-corrected chi connectivity index (χ4v) is 3.80. The number of nitrogens with zero attached hydrogens (tertiary/aromatic N) is 1. The number of hydrogen-bond donors (Lipinski definition) is 1. The fourth-order valence-electron chi connectivity index (χ4n) is 3.80. The van der Waals surface area contributed by atoms with E-state index in [2.05, 4.69) is 24.4 Å². The molecule has 0 saturated carbocycles. The van der Waals surface area contributed by atoms with Crippen molar-refractivity contribution in [3.05, 3.63) is 83.2 Å². The topological polar surface area (TPSA) is 65.6 Å². The quantitative estimate of drug-likeness (QED) is 0.522. The van der Waals surface area contributed by atoms with E-state index in [0.29, 0.717) is 30.8 Å². The van der Waals surface area contributed by atoms with Crippen LogP contribution >= 0.6 is 0 Å². The SMILES string of the molecule is Cc1ccccc1Cn1c(C(=O)NCCc2ccc3c(c2)OCO3)cc2occc21. The molecule has 30 heavy (non-hydrogen) atoms. The van der Waals surface area contributed by atoms with Gasteiger partial charge in [-0.2, -0.15) is 0 Å². The molecule has 0 spiro atoms. The number of carbonyl (C=O) groups is 1. The molecule has 0 fully saturated rings. The van der Waals surface area contributed by atoms with Crippen molar-refractivity contribution >= 4 is 17.0 Å². The van der Waals surface area contributed by atoms with Crippen molar-refractivity contribution in [2.45, 2.75) is 19.9 Å². The smallest absolute Gasteiger partial charge is 0.268 e. The average Bonchev–Trinajstić information content (AvgIpc) is 3.46. The van der Waals surface area contributed by atoms with E-state index in [1.165, 1.54) is 11.1 Å². The maximum Gasteiger partial charge on any atom is 0.268 e. The molecule has 4 aromatic rings. The van der Waals surface area contributed by atoms with Crippen molar-refractivity contribution in [1.82, 2.24) is 9.88 Å². The van der Waals surface area contributed by atoms with E-state index < -0.39 is 0 Å². The van der Waals surface area contributed by atoms with Crippen molar-refractivity contribution in [2.75, 3.05) is 13.3 Å². The zero-order valence-electron chi connectivity index (χ0n) is 16.7. The molecule has 6 heteroatoms. The minimum Gasteiger partial charge on any atom is -0.463 e. The number of benzene rings is 2. The van der Waals surface area contributed by atoms with Crippen LogP contribution in [-0.4, -0.2) is 23.8 Å². The number of aryl methyl sites for hydroxylation is 1. The molecular formula is C24H22N2O4. The highest BCUT2D eigenvalue weighted by molar-refractivity contribution is 5.97. The van der Waals surface area contributed by atoms with Crippen LogP contribution in [0, 0.1) is 6.92 Å². The second kappa shape index (κ2) is 7.63. The zero-order valence-corrected chi connectivity index (χ0v) is 16.7. The molecule has 0 radical (unpaired) electrons. The maximum absolute atomic E-state index is 13.0. The Labute approximate surface area is 174 Å². The van der Waals surface area contributed by atoms with Crippen molar-refractivity contribution < 1.29 is 18.7 Å². The number of fused-ring (bicyclic) bond motifs is 2. The lowest BCUT2D eigenvalue weighted by Gasteiger charge is -2.12. The molecule has 1 aliphatic heterocycles. The lowest BCUT2D eigenvalue weighted by Crippen LogP contribution is -2.28. The van der Waals surface area contributed by atoms with E-state index >= 15 is 0 Å². The number of furan rings is 1. The molecule has 152 valence electrons. The molecule has 1 N–H and O–H groups in total. The largest absolute Gasteiger partial charge is 0.463 e. The number of ether oxygens (including phenoxy) is 2. The van der Waals surface area contributed by atoms with Crippen LogP contribution in [-0.2, 0) is 13.0 Å². The second-order valence-electron chi connectivity index (χ2n) is 7.41. The van der Waals surface area contributed by atoms with Gasteiger partial charge in [0.15, 0.2) is 17.1 Å². The summed E-state index contributed by atoms with van der Waals surface area (Å²) < 4.78 is 18.3. The van der Waals surface area contributed by atoms with Gasteiger partial charge in [0.25, 0.3) is 5.91 Å². The van der Waals surface area contributed by atoms with E-state index in [-0.39, 0.29) is 12.7 Å². The Morgan fingerprint density at radius 1 is 1.07 bits per heavy atom. The Hall–Kier alpha value is -3.67. The molecule has 0 bridgehead atoms. The van der Waals surface area contributed by atoms with Gasteiger partial charge in [0, 0.05) is 25.2 Å². The minimum atomic E-state index is -0.115. The molecule has 6 nitrogen and oxygen atoms in total. The number of carbonyl (C=O) groups excluding carboxylic acids is 1. The Morgan fingerprint density at radius 3 is 2.83 bits per heavy atom. The summed E-state index contributed by atoms with van der Waals surface area (Å²) in [7, 11) is 0. The number of aromatic nitrogens is 1. The van der Waals surface area contributed by atoms with Gasteiger partial charge in [-0.05, 0) is 42.2 Å². The maximum atomic E-state index is 13.0. The van der Waals surface area contributed by atoms with Crippen LogP contribution in [0.25, 0.3) is 11.1 Å². The average molecular weight is 402 g/mol. The molecule has 3 heterocycles. The summed E-state index contributed by atoms with van der Waals surface area (Å²) in [4.78, 5) is 13.0. The third-order valence-corrected chi connectivity index (χ3v) is 5.48. The van der Waals surface area contributed by atoms with Crippen LogP contribution in [0.5, 0.6) is 11.5 Å². The summed E-state index contributed by atoms with van der Waals surface area (Å²) in [5.41, 5.74) is 5.67. The molecule has 1 amide bonds. The number of nitrogens with one attached hydrogen (secondary N) is 1. The normalized spacial score (nSPS) is 12.4. The van der Waals surface area contributed by atoms with Crippen LogP contribution in [0.1, 0.15) is 27.2 Å². The van der Waals surface area contributed by atoms with Gasteiger partial charge in [0.1, 0.15) is 5.69 Å². The number of amides is 1. The van der Waals surface area contributed by atoms with Crippen LogP contribution in [0.15, 0.2) is 65.3 Å². The Kier molecular flexibility index (Phi) is 4.67. The summed E-state index contributed by atoms with van der Waals surface area (Å²) in [5, 5.41) is 3.03. The summed E-state index contributed by atoms with van der Waals surface area (Å²) in [5.74, 6) is 1.40. The summed E-state index contributed by atoms with van der Waals surface area (Å²) in [6, 6.07) is 17.8. The lowest BCUT2D eigenvalue weighted by atomic mass is 10.1. The van der Waals surface area contributed by atoms with Crippen molar-refractivity contribution in [3.8, 4) is 11.5 Å². The van der Waals surface area contributed by atoms with Gasteiger partial charge in [-0.15, -0.1) is 0 Å². The van der Waals surface area contributed by atoms with Crippen LogP contribution in [0.4, 0.5) is 0 Å². The molecule has 0 unspecified atom stereocenters. The zero-order chi connectivity index (χ0) is 20.5. The second-order valence-corrected chi connectivity index (χ2v) is 7.41. The summed E-state index contributed by atoms with van der Waals surface area (Å²) in [6.45, 7) is 3.47. The predicted molar refractivity (Wildman–Crippen MR) is 113 cm³/mol. The first-order valence-corrected chi connectivity index (χ1v) is 9.97. The Morgan fingerprint density at radius 2 is 1.93 bits per heavy atom. The van der Waals surface area contributed by atoms with Crippen molar-refractivity contribution in [3.63, 3.8) is 0 Å². The summed E-state index contributed by atoms with van der Waals surface area (Å²) >= 11 is 0. The molecule has 2 aromatic heterocycles. The first kappa shape index (κ1) is 18.4. The summed E-state index contributed by atoms with van der Waals surface area (Å²) in [6.07, 6.45) is 2.36. The van der Waals surface area contributed by atoms with Crippen LogP contribution in [0.3, 0.4) is 0 Å². The predicted octanol–water partition coefficient (Wildman–Crippen LogP) is 4.29. The van der Waals surface area contributed by atoms with Crippen molar-refractivity contribution in [1.29, 1.82) is 0 Å². The lowest BCUT2D eigenvalue weighted by molar-refractivity contribution is 0.0945. The molecule has 0 saturated heterocycles. The molecule has 5 rings (SSSR count). The highest BCUT2D eigenvalue weighted by Gasteiger charge is 2.18. The van der Waals surface area contributed by atoms with Gasteiger partial charge >= 0.3 is 0 Å². The standard InChI is InChI=1S/C24H22N2O4/c1-16-4-2-3-5-18(16)14-26-19-9-11-28-22(19)13-20(26)24(27)25-10-8-17-6-7-21-23(12-17)30-15-29-21/h2-7,9,11-13H,8,10,14-15H2,1H3,(H,25,27). The molecule has 1 aliphatic rings. The van der Waals surface area contributed by atoms with Gasteiger partial charge < -0.3 is 23.8 Å². The van der Waals surface area contributed by atoms with Crippen LogP contribution < -0.4 is 14.8 Å². The number of rotatable bonds is 6. The van der Waals surface area contributed by atoms with Crippen LogP contribution in [0.2, 0.25) is 0 Å². The molecule has 0 atom stereocenters. The first-order chi connectivity index (χ1) is 14.7. The van der Waals surface area contributed by atoms with Gasteiger partial charge in [-0.25, -0.2) is 0 Å². The highest BCUT2D eigenvalue weighted by atomic mass is 16.7. The van der Waals surface area contributed by atoms with E-state index in [4.69, 9.17) is 13.9 Å². The fraction of sp³-hybridized carbons (Fsp3) is 0.208. The Bertz CT molecular complexity index is 1220. The number of hydrogen-bond acceptors (Lipinski definition) is 4. The van der Waals surface area contributed by atoms with Gasteiger partial charge in [0.2, 0.25) is 6.79 Å². The van der Waals surface area contributed by atoms with Gasteiger partial charge in [-0.1, -0.05) is 30.3 Å². The minimum absolute atomic E-state index is 0.115. The molecular weight excluding hydrogens is 380 g/mol. The van der Waals surface area contributed by atoms with E-state index in [1.807, 2.05) is 47.0 Å². The first-order valence-electron chi connectivity index (χ1n) is 9.97. The molecule has 2 aromatic carbocycles.